The Morgan fingerprint density at radius 2 is 2.21 bits per heavy atom. The van der Waals surface area contributed by atoms with Crippen LogP contribution >= 0.6 is 15.9 Å². The normalized spacial score (nSPS) is 15.1. The Kier molecular flexibility index (Phi) is 4.55. The predicted molar refractivity (Wildman–Crippen MR) is 61.1 cm³/mol. The monoisotopic (exact) mass is 257 g/mol. The number of hydrogen-bond donors (Lipinski definition) is 1. The van der Waals surface area contributed by atoms with Crippen LogP contribution in [-0.4, -0.2) is 16.2 Å². The fourth-order valence-electron chi connectivity index (χ4n) is 1.28. The van der Waals surface area contributed by atoms with Crippen LogP contribution in [0.5, 0.6) is 0 Å². The van der Waals surface area contributed by atoms with Gasteiger partial charge in [-0.25, -0.2) is 0 Å². The fourth-order valence-corrected chi connectivity index (χ4v) is 1.69. The maximum absolute atomic E-state index is 9.82. The van der Waals surface area contributed by atoms with Crippen LogP contribution < -0.4 is 0 Å². The second-order valence-corrected chi connectivity index (χ2v) is 4.58. The molecule has 1 heterocycles. The Hall–Kier alpha value is -0.410. The highest BCUT2D eigenvalue weighted by atomic mass is 79.9. The number of aliphatic hydroxyl groups excluding tert-OH is 1. The van der Waals surface area contributed by atoms with Gasteiger partial charge in [0.15, 0.2) is 0 Å². The summed E-state index contributed by atoms with van der Waals surface area (Å²) < 4.78 is 0.964. The van der Waals surface area contributed by atoms with Gasteiger partial charge in [-0.2, -0.15) is 0 Å². The molecule has 1 N–H and O–H groups in total. The number of aliphatic hydroxyl groups is 1. The number of nitrogens with zero attached hydrogens (tertiary/aromatic N) is 1. The average molecular weight is 258 g/mol. The first kappa shape index (κ1) is 11.7. The molecule has 1 rings (SSSR count). The van der Waals surface area contributed by atoms with Gasteiger partial charge in [-0.1, -0.05) is 20.3 Å². The molecule has 0 saturated heterocycles. The number of hydrogen-bond acceptors (Lipinski definition) is 2. The lowest BCUT2D eigenvalue weighted by molar-refractivity contribution is 0.114. The molecule has 0 aromatic carbocycles. The van der Waals surface area contributed by atoms with E-state index >= 15 is 0 Å². The van der Waals surface area contributed by atoms with Crippen molar-refractivity contribution in [3.05, 3.63) is 28.5 Å². The molecule has 0 radical (unpaired) electrons. The number of pyridine rings is 1. The van der Waals surface area contributed by atoms with Gasteiger partial charge in [0.05, 0.1) is 6.10 Å². The zero-order valence-electron chi connectivity index (χ0n) is 8.57. The lowest BCUT2D eigenvalue weighted by atomic mass is 9.96. The first-order valence-electron chi connectivity index (χ1n) is 4.91. The van der Waals surface area contributed by atoms with Crippen LogP contribution in [0.3, 0.4) is 0 Å². The molecule has 2 nitrogen and oxygen atoms in total. The van der Waals surface area contributed by atoms with Gasteiger partial charge in [-0.3, -0.25) is 4.98 Å². The fraction of sp³-hybridized carbons (Fsp3) is 0.545. The van der Waals surface area contributed by atoms with Crippen molar-refractivity contribution in [1.29, 1.82) is 0 Å². The molecule has 1 aromatic rings. The van der Waals surface area contributed by atoms with Gasteiger partial charge < -0.3 is 5.11 Å². The summed E-state index contributed by atoms with van der Waals surface area (Å²) in [4.78, 5) is 4.06. The summed E-state index contributed by atoms with van der Waals surface area (Å²) in [5, 5.41) is 9.82. The van der Waals surface area contributed by atoms with Gasteiger partial charge in [-0.15, -0.1) is 0 Å². The van der Waals surface area contributed by atoms with Gasteiger partial charge in [0.1, 0.15) is 0 Å². The van der Waals surface area contributed by atoms with E-state index in [0.717, 1.165) is 16.5 Å². The SMILES string of the molecule is CCC(C)C(O)Cc1cncc(Br)c1. The summed E-state index contributed by atoms with van der Waals surface area (Å²) in [7, 11) is 0. The second kappa shape index (κ2) is 5.47. The van der Waals surface area contributed by atoms with Crippen LogP contribution in [0.15, 0.2) is 22.9 Å². The lowest BCUT2D eigenvalue weighted by Crippen LogP contribution is -2.19. The molecule has 0 fully saturated rings. The predicted octanol–water partition coefficient (Wildman–Crippen LogP) is 2.79. The Balaban J connectivity index is 2.60. The highest BCUT2D eigenvalue weighted by Crippen LogP contribution is 2.15. The summed E-state index contributed by atoms with van der Waals surface area (Å²) in [5.41, 5.74) is 1.08. The molecule has 2 unspecified atom stereocenters. The Bertz CT molecular complexity index is 290. The second-order valence-electron chi connectivity index (χ2n) is 3.67. The van der Waals surface area contributed by atoms with Crippen molar-refractivity contribution >= 4 is 15.9 Å². The van der Waals surface area contributed by atoms with E-state index in [2.05, 4.69) is 34.8 Å². The van der Waals surface area contributed by atoms with E-state index in [-0.39, 0.29) is 6.10 Å². The third kappa shape index (κ3) is 3.39. The van der Waals surface area contributed by atoms with Crippen molar-refractivity contribution in [1.82, 2.24) is 4.98 Å². The molecule has 14 heavy (non-hydrogen) atoms. The highest BCUT2D eigenvalue weighted by Gasteiger charge is 2.12. The Morgan fingerprint density at radius 1 is 1.50 bits per heavy atom. The van der Waals surface area contributed by atoms with Gasteiger partial charge >= 0.3 is 0 Å². The van der Waals surface area contributed by atoms with Crippen LogP contribution in [0.25, 0.3) is 0 Å². The molecule has 1 aromatic heterocycles. The highest BCUT2D eigenvalue weighted by molar-refractivity contribution is 9.10. The van der Waals surface area contributed by atoms with E-state index < -0.39 is 0 Å². The quantitative estimate of drug-likeness (QED) is 0.900. The minimum absolute atomic E-state index is 0.268. The molecule has 0 aliphatic carbocycles. The maximum atomic E-state index is 9.82. The number of aromatic nitrogens is 1. The van der Waals surface area contributed by atoms with Crippen LogP contribution in [-0.2, 0) is 6.42 Å². The first-order valence-corrected chi connectivity index (χ1v) is 5.70. The summed E-state index contributed by atoms with van der Waals surface area (Å²) in [6.07, 6.45) is 4.97. The van der Waals surface area contributed by atoms with E-state index in [9.17, 15) is 5.11 Å². The van der Waals surface area contributed by atoms with Crippen molar-refractivity contribution in [3.8, 4) is 0 Å². The van der Waals surface area contributed by atoms with Crippen LogP contribution in [0, 0.1) is 5.92 Å². The van der Waals surface area contributed by atoms with Crippen molar-refractivity contribution in [2.45, 2.75) is 32.8 Å². The largest absolute Gasteiger partial charge is 0.393 e. The minimum Gasteiger partial charge on any atom is -0.393 e. The maximum Gasteiger partial charge on any atom is 0.0606 e. The summed E-state index contributed by atoms with van der Waals surface area (Å²) in [6, 6.07) is 2.00. The molecule has 3 heteroatoms. The molecule has 0 spiro atoms. The molecular formula is C11H16BrNO. The first-order chi connectivity index (χ1) is 6.63. The topological polar surface area (TPSA) is 33.1 Å². The minimum atomic E-state index is -0.268. The van der Waals surface area contributed by atoms with Crippen LogP contribution in [0.4, 0.5) is 0 Å². The zero-order valence-corrected chi connectivity index (χ0v) is 10.2. The van der Waals surface area contributed by atoms with E-state index in [1.54, 1.807) is 12.4 Å². The molecule has 0 amide bonds. The van der Waals surface area contributed by atoms with E-state index in [1.807, 2.05) is 6.07 Å². The zero-order chi connectivity index (χ0) is 10.6. The van der Waals surface area contributed by atoms with Crippen LogP contribution in [0.2, 0.25) is 0 Å². The Morgan fingerprint density at radius 3 is 2.79 bits per heavy atom. The molecular weight excluding hydrogens is 242 g/mol. The molecule has 0 bridgehead atoms. The third-order valence-electron chi connectivity index (χ3n) is 2.51. The molecule has 78 valence electrons. The standard InChI is InChI=1S/C11H16BrNO/c1-3-8(2)11(14)5-9-4-10(12)7-13-6-9/h4,6-8,11,14H,3,5H2,1-2H3. The summed E-state index contributed by atoms with van der Waals surface area (Å²) in [5.74, 6) is 0.342. The van der Waals surface area contributed by atoms with E-state index in [0.29, 0.717) is 12.3 Å². The van der Waals surface area contributed by atoms with Crippen molar-refractivity contribution in [2.24, 2.45) is 5.92 Å². The molecule has 0 aliphatic heterocycles. The van der Waals surface area contributed by atoms with E-state index in [1.165, 1.54) is 0 Å². The third-order valence-corrected chi connectivity index (χ3v) is 2.94. The van der Waals surface area contributed by atoms with Gasteiger partial charge in [-0.05, 0) is 33.5 Å². The molecule has 0 aliphatic rings. The molecule has 2 atom stereocenters. The van der Waals surface area contributed by atoms with Gasteiger partial charge in [0.2, 0.25) is 0 Å². The lowest BCUT2D eigenvalue weighted by Gasteiger charge is -2.16. The van der Waals surface area contributed by atoms with Crippen LogP contribution in [0.1, 0.15) is 25.8 Å². The van der Waals surface area contributed by atoms with Crippen molar-refractivity contribution < 1.29 is 5.11 Å². The Labute approximate surface area is 93.5 Å². The molecule has 0 saturated carbocycles. The van der Waals surface area contributed by atoms with E-state index in [4.69, 9.17) is 0 Å². The van der Waals surface area contributed by atoms with Gasteiger partial charge in [0.25, 0.3) is 0 Å². The van der Waals surface area contributed by atoms with Crippen molar-refractivity contribution in [3.63, 3.8) is 0 Å². The van der Waals surface area contributed by atoms with Crippen molar-refractivity contribution in [2.75, 3.05) is 0 Å². The summed E-state index contributed by atoms with van der Waals surface area (Å²) in [6.45, 7) is 4.16. The number of halogens is 1. The van der Waals surface area contributed by atoms with Gasteiger partial charge in [0, 0.05) is 23.3 Å². The number of rotatable bonds is 4. The summed E-state index contributed by atoms with van der Waals surface area (Å²) >= 11 is 3.36. The smallest absolute Gasteiger partial charge is 0.0606 e. The average Bonchev–Trinajstić information content (AvgIpc) is 2.16.